The van der Waals surface area contributed by atoms with Crippen LogP contribution in [0.25, 0.3) is 11.1 Å². The van der Waals surface area contributed by atoms with Crippen LogP contribution in [0, 0.1) is 0 Å². The standard InChI is InChI=1S/C12H8BrNO/c13-12-3-1-10(2-4-12)11-5-9(8-15)6-14-7-11/h1-8H. The van der Waals surface area contributed by atoms with Crippen molar-refractivity contribution in [2.45, 2.75) is 0 Å². The maximum atomic E-state index is 10.6. The topological polar surface area (TPSA) is 30.0 Å². The van der Waals surface area contributed by atoms with E-state index in [1.165, 1.54) is 0 Å². The quantitative estimate of drug-likeness (QED) is 0.777. The van der Waals surface area contributed by atoms with Crippen molar-refractivity contribution < 1.29 is 4.79 Å². The van der Waals surface area contributed by atoms with Gasteiger partial charge in [0.05, 0.1) is 0 Å². The lowest BCUT2D eigenvalue weighted by atomic mass is 10.1. The van der Waals surface area contributed by atoms with Crippen molar-refractivity contribution >= 4 is 22.2 Å². The highest BCUT2D eigenvalue weighted by molar-refractivity contribution is 9.10. The predicted molar refractivity (Wildman–Crippen MR) is 62.8 cm³/mol. The third-order valence-electron chi connectivity index (χ3n) is 2.07. The molecule has 2 rings (SSSR count). The van der Waals surface area contributed by atoms with Gasteiger partial charge in [-0.15, -0.1) is 0 Å². The van der Waals surface area contributed by atoms with Gasteiger partial charge in [-0.1, -0.05) is 28.1 Å². The smallest absolute Gasteiger partial charge is 0.151 e. The lowest BCUT2D eigenvalue weighted by molar-refractivity contribution is 0.112. The minimum atomic E-state index is 0.593. The fourth-order valence-corrected chi connectivity index (χ4v) is 1.59. The van der Waals surface area contributed by atoms with Gasteiger partial charge in [-0.2, -0.15) is 0 Å². The predicted octanol–water partition coefficient (Wildman–Crippen LogP) is 3.32. The number of carbonyl (C=O) groups is 1. The summed E-state index contributed by atoms with van der Waals surface area (Å²) in [6, 6.07) is 9.71. The Morgan fingerprint density at radius 2 is 1.80 bits per heavy atom. The van der Waals surface area contributed by atoms with E-state index in [2.05, 4.69) is 20.9 Å². The molecule has 1 aromatic carbocycles. The molecule has 0 bridgehead atoms. The van der Waals surface area contributed by atoms with Crippen molar-refractivity contribution in [3.63, 3.8) is 0 Å². The van der Waals surface area contributed by atoms with E-state index in [9.17, 15) is 4.79 Å². The fourth-order valence-electron chi connectivity index (χ4n) is 1.32. The highest BCUT2D eigenvalue weighted by Crippen LogP contribution is 2.21. The number of rotatable bonds is 2. The number of carbonyl (C=O) groups excluding carboxylic acids is 1. The molecule has 2 aromatic rings. The SMILES string of the molecule is O=Cc1cncc(-c2ccc(Br)cc2)c1. The van der Waals surface area contributed by atoms with E-state index >= 15 is 0 Å². The average molecular weight is 262 g/mol. The number of pyridine rings is 1. The maximum absolute atomic E-state index is 10.6. The van der Waals surface area contributed by atoms with E-state index in [0.29, 0.717) is 5.56 Å². The molecule has 0 spiro atoms. The third-order valence-corrected chi connectivity index (χ3v) is 2.60. The monoisotopic (exact) mass is 261 g/mol. The van der Waals surface area contributed by atoms with Gasteiger partial charge in [-0.05, 0) is 23.8 Å². The molecule has 1 heterocycles. The Morgan fingerprint density at radius 3 is 2.47 bits per heavy atom. The molecule has 74 valence electrons. The molecule has 0 N–H and O–H groups in total. The van der Waals surface area contributed by atoms with Crippen molar-refractivity contribution in [2.24, 2.45) is 0 Å². The van der Waals surface area contributed by atoms with Gasteiger partial charge < -0.3 is 0 Å². The minimum absolute atomic E-state index is 0.593. The second-order valence-corrected chi connectivity index (χ2v) is 4.05. The summed E-state index contributed by atoms with van der Waals surface area (Å²) in [7, 11) is 0. The molecule has 0 atom stereocenters. The Bertz CT molecular complexity index is 479. The molecule has 1 aromatic heterocycles. The van der Waals surface area contributed by atoms with Crippen LogP contribution in [0.3, 0.4) is 0 Å². The average Bonchev–Trinajstić information content (AvgIpc) is 2.30. The normalized spacial score (nSPS) is 9.93. The van der Waals surface area contributed by atoms with Crippen LogP contribution in [-0.2, 0) is 0 Å². The second-order valence-electron chi connectivity index (χ2n) is 3.13. The Hall–Kier alpha value is -1.48. The highest BCUT2D eigenvalue weighted by atomic mass is 79.9. The Balaban J connectivity index is 2.44. The third kappa shape index (κ3) is 2.30. The van der Waals surface area contributed by atoms with E-state index < -0.39 is 0 Å². The van der Waals surface area contributed by atoms with Crippen LogP contribution in [0.2, 0.25) is 0 Å². The molecule has 0 aliphatic heterocycles. The lowest BCUT2D eigenvalue weighted by Gasteiger charge is -2.01. The van der Waals surface area contributed by atoms with Gasteiger partial charge in [0.15, 0.2) is 6.29 Å². The summed E-state index contributed by atoms with van der Waals surface area (Å²) in [4.78, 5) is 14.6. The molecular formula is C12H8BrNO. The number of benzene rings is 1. The summed E-state index contributed by atoms with van der Waals surface area (Å²) in [5.74, 6) is 0. The summed E-state index contributed by atoms with van der Waals surface area (Å²) in [6.07, 6.45) is 4.10. The van der Waals surface area contributed by atoms with Crippen LogP contribution >= 0.6 is 15.9 Å². The maximum Gasteiger partial charge on any atom is 0.151 e. The van der Waals surface area contributed by atoms with E-state index in [-0.39, 0.29) is 0 Å². The van der Waals surface area contributed by atoms with E-state index in [0.717, 1.165) is 21.9 Å². The van der Waals surface area contributed by atoms with E-state index in [1.807, 2.05) is 30.3 Å². The van der Waals surface area contributed by atoms with Crippen molar-refractivity contribution in [1.82, 2.24) is 4.98 Å². The van der Waals surface area contributed by atoms with Gasteiger partial charge in [0.25, 0.3) is 0 Å². The van der Waals surface area contributed by atoms with E-state index in [1.54, 1.807) is 12.4 Å². The molecule has 0 radical (unpaired) electrons. The second kappa shape index (κ2) is 4.36. The van der Waals surface area contributed by atoms with Crippen molar-refractivity contribution in [3.8, 4) is 11.1 Å². The van der Waals surface area contributed by atoms with Gasteiger partial charge >= 0.3 is 0 Å². The Kier molecular flexibility index (Phi) is 2.92. The summed E-state index contributed by atoms with van der Waals surface area (Å²) in [6.45, 7) is 0. The number of nitrogens with zero attached hydrogens (tertiary/aromatic N) is 1. The molecule has 0 unspecified atom stereocenters. The molecule has 0 saturated heterocycles. The van der Waals surface area contributed by atoms with Gasteiger partial charge in [-0.3, -0.25) is 9.78 Å². The first-order valence-electron chi connectivity index (χ1n) is 4.46. The van der Waals surface area contributed by atoms with Crippen LogP contribution in [-0.4, -0.2) is 11.3 Å². The van der Waals surface area contributed by atoms with Crippen molar-refractivity contribution in [2.75, 3.05) is 0 Å². The van der Waals surface area contributed by atoms with Crippen LogP contribution in [0.4, 0.5) is 0 Å². The van der Waals surface area contributed by atoms with Crippen LogP contribution < -0.4 is 0 Å². The van der Waals surface area contributed by atoms with Crippen molar-refractivity contribution in [1.29, 1.82) is 0 Å². The Labute approximate surface area is 96.1 Å². The van der Waals surface area contributed by atoms with Crippen LogP contribution in [0.5, 0.6) is 0 Å². The highest BCUT2D eigenvalue weighted by Gasteiger charge is 1.99. The molecule has 0 aliphatic carbocycles. The first kappa shape index (κ1) is 10.1. The first-order chi connectivity index (χ1) is 7.29. The zero-order chi connectivity index (χ0) is 10.7. The zero-order valence-electron chi connectivity index (χ0n) is 7.85. The molecule has 3 heteroatoms. The fraction of sp³-hybridized carbons (Fsp3) is 0. The van der Waals surface area contributed by atoms with Crippen LogP contribution in [0.15, 0.2) is 47.2 Å². The molecule has 0 saturated carbocycles. The summed E-state index contributed by atoms with van der Waals surface area (Å²) < 4.78 is 1.03. The van der Waals surface area contributed by atoms with Gasteiger partial charge in [0, 0.05) is 28.0 Å². The molecule has 15 heavy (non-hydrogen) atoms. The Morgan fingerprint density at radius 1 is 1.07 bits per heavy atom. The van der Waals surface area contributed by atoms with Crippen LogP contribution in [0.1, 0.15) is 10.4 Å². The molecule has 0 aliphatic rings. The number of hydrogen-bond acceptors (Lipinski definition) is 2. The summed E-state index contributed by atoms with van der Waals surface area (Å²) in [5.41, 5.74) is 2.59. The molecule has 2 nitrogen and oxygen atoms in total. The zero-order valence-corrected chi connectivity index (χ0v) is 9.44. The van der Waals surface area contributed by atoms with E-state index in [4.69, 9.17) is 0 Å². The van der Waals surface area contributed by atoms with Gasteiger partial charge in [0.1, 0.15) is 0 Å². The minimum Gasteiger partial charge on any atom is -0.298 e. The lowest BCUT2D eigenvalue weighted by Crippen LogP contribution is -1.85. The molecule has 0 amide bonds. The molecular weight excluding hydrogens is 254 g/mol. The summed E-state index contributed by atoms with van der Waals surface area (Å²) >= 11 is 3.37. The number of halogens is 1. The van der Waals surface area contributed by atoms with Gasteiger partial charge in [0.2, 0.25) is 0 Å². The molecule has 0 fully saturated rings. The van der Waals surface area contributed by atoms with Crippen molar-refractivity contribution in [3.05, 3.63) is 52.8 Å². The largest absolute Gasteiger partial charge is 0.298 e. The first-order valence-corrected chi connectivity index (χ1v) is 5.25. The number of aldehydes is 1. The summed E-state index contributed by atoms with van der Waals surface area (Å²) in [5, 5.41) is 0. The van der Waals surface area contributed by atoms with Gasteiger partial charge in [-0.25, -0.2) is 0 Å². The number of aromatic nitrogens is 1. The number of hydrogen-bond donors (Lipinski definition) is 0.